The molecule has 1 saturated heterocycles. The molecule has 1 amide bonds. The Morgan fingerprint density at radius 3 is 2.35 bits per heavy atom. The highest BCUT2D eigenvalue weighted by molar-refractivity contribution is 7.89. The molecule has 138 valence electrons. The Morgan fingerprint density at radius 2 is 1.73 bits per heavy atom. The van der Waals surface area contributed by atoms with Crippen LogP contribution in [0.1, 0.15) is 24.8 Å². The van der Waals surface area contributed by atoms with Gasteiger partial charge in [0.25, 0.3) is 0 Å². The fourth-order valence-corrected chi connectivity index (χ4v) is 4.16. The van der Waals surface area contributed by atoms with E-state index in [-0.39, 0.29) is 10.8 Å². The van der Waals surface area contributed by atoms with Crippen molar-refractivity contribution in [3.8, 4) is 0 Å². The van der Waals surface area contributed by atoms with Crippen LogP contribution in [0.5, 0.6) is 0 Å². The maximum absolute atomic E-state index is 12.4. The third kappa shape index (κ3) is 4.63. The summed E-state index contributed by atoms with van der Waals surface area (Å²) in [4.78, 5) is 13.7. The zero-order valence-corrected chi connectivity index (χ0v) is 15.9. The standard InChI is InChI=1S/C19H21ClN2O3S/c20-16-7-5-15(6-8-16)3-1-13-21-26(24,25)18-11-9-17(10-12-18)22-14-2-4-19(22)23/h5-12,21H,1-4,13-14H2. The Bertz CT molecular complexity index is 865. The van der Waals surface area contributed by atoms with Gasteiger partial charge in [0.05, 0.1) is 4.90 Å². The van der Waals surface area contributed by atoms with E-state index in [1.165, 1.54) is 0 Å². The predicted molar refractivity (Wildman–Crippen MR) is 103 cm³/mol. The third-order valence-electron chi connectivity index (χ3n) is 4.38. The van der Waals surface area contributed by atoms with Crippen molar-refractivity contribution in [3.05, 3.63) is 59.1 Å². The highest BCUT2D eigenvalue weighted by Gasteiger charge is 2.22. The lowest BCUT2D eigenvalue weighted by Crippen LogP contribution is -2.26. The van der Waals surface area contributed by atoms with Crippen molar-refractivity contribution in [3.63, 3.8) is 0 Å². The number of sulfonamides is 1. The molecule has 0 aromatic heterocycles. The molecule has 7 heteroatoms. The maximum Gasteiger partial charge on any atom is 0.240 e. The molecule has 0 aliphatic carbocycles. The van der Waals surface area contributed by atoms with E-state index in [0.29, 0.717) is 31.0 Å². The quantitative estimate of drug-likeness (QED) is 0.734. The Morgan fingerprint density at radius 1 is 1.04 bits per heavy atom. The van der Waals surface area contributed by atoms with Crippen molar-refractivity contribution in [2.45, 2.75) is 30.6 Å². The second-order valence-electron chi connectivity index (χ2n) is 6.27. The van der Waals surface area contributed by atoms with Crippen LogP contribution in [0.4, 0.5) is 5.69 Å². The fraction of sp³-hybridized carbons (Fsp3) is 0.316. The first-order valence-corrected chi connectivity index (χ1v) is 10.5. The number of hydrogen-bond acceptors (Lipinski definition) is 3. The molecule has 3 rings (SSSR count). The van der Waals surface area contributed by atoms with Crippen LogP contribution in [-0.2, 0) is 21.2 Å². The van der Waals surface area contributed by atoms with Gasteiger partial charge in [-0.15, -0.1) is 0 Å². The third-order valence-corrected chi connectivity index (χ3v) is 6.11. The molecule has 0 radical (unpaired) electrons. The van der Waals surface area contributed by atoms with Gasteiger partial charge in [-0.1, -0.05) is 23.7 Å². The molecular formula is C19H21ClN2O3S. The molecule has 0 unspecified atom stereocenters. The number of carbonyl (C=O) groups excluding carboxylic acids is 1. The molecule has 1 heterocycles. The summed E-state index contributed by atoms with van der Waals surface area (Å²) >= 11 is 5.85. The summed E-state index contributed by atoms with van der Waals surface area (Å²) < 4.78 is 27.4. The summed E-state index contributed by atoms with van der Waals surface area (Å²) in [6, 6.07) is 14.0. The fourth-order valence-electron chi connectivity index (χ4n) is 2.96. The topological polar surface area (TPSA) is 66.5 Å². The lowest BCUT2D eigenvalue weighted by Gasteiger charge is -2.16. The van der Waals surface area contributed by atoms with Crippen molar-refractivity contribution in [1.82, 2.24) is 4.72 Å². The van der Waals surface area contributed by atoms with Crippen LogP contribution in [0.15, 0.2) is 53.4 Å². The predicted octanol–water partition coefficient (Wildman–Crippen LogP) is 3.38. The van der Waals surface area contributed by atoms with Crippen molar-refractivity contribution in [2.75, 3.05) is 18.0 Å². The molecule has 1 N–H and O–H groups in total. The highest BCUT2D eigenvalue weighted by Crippen LogP contribution is 2.23. The van der Waals surface area contributed by atoms with Crippen molar-refractivity contribution in [2.24, 2.45) is 0 Å². The molecule has 1 aliphatic rings. The lowest BCUT2D eigenvalue weighted by molar-refractivity contribution is -0.117. The van der Waals surface area contributed by atoms with Gasteiger partial charge in [-0.2, -0.15) is 0 Å². The van der Waals surface area contributed by atoms with Gasteiger partial charge < -0.3 is 4.90 Å². The van der Waals surface area contributed by atoms with E-state index in [2.05, 4.69) is 4.72 Å². The zero-order valence-electron chi connectivity index (χ0n) is 14.3. The van der Waals surface area contributed by atoms with Crippen LogP contribution >= 0.6 is 11.6 Å². The number of halogens is 1. The number of benzene rings is 2. The van der Waals surface area contributed by atoms with Gasteiger partial charge in [-0.05, 0) is 61.2 Å². The normalized spacial score (nSPS) is 14.8. The van der Waals surface area contributed by atoms with E-state index in [1.54, 1.807) is 29.2 Å². The number of aryl methyl sites for hydroxylation is 1. The number of nitrogens with one attached hydrogen (secondary N) is 1. The van der Waals surface area contributed by atoms with Crippen LogP contribution in [-0.4, -0.2) is 27.4 Å². The van der Waals surface area contributed by atoms with Crippen LogP contribution in [0.25, 0.3) is 0 Å². The molecule has 1 aliphatic heterocycles. The molecule has 0 bridgehead atoms. The van der Waals surface area contributed by atoms with E-state index in [9.17, 15) is 13.2 Å². The summed E-state index contributed by atoms with van der Waals surface area (Å²) in [5, 5.41) is 0.688. The number of hydrogen-bond donors (Lipinski definition) is 1. The SMILES string of the molecule is O=C1CCCN1c1ccc(S(=O)(=O)NCCCc2ccc(Cl)cc2)cc1. The summed E-state index contributed by atoms with van der Waals surface area (Å²) in [5.74, 6) is 0.0842. The first-order chi connectivity index (χ1) is 12.5. The van der Waals surface area contributed by atoms with Gasteiger partial charge in [0, 0.05) is 30.2 Å². The Hall–Kier alpha value is -1.89. The average Bonchev–Trinajstić information content (AvgIpc) is 3.06. The zero-order chi connectivity index (χ0) is 18.6. The molecular weight excluding hydrogens is 372 g/mol. The number of nitrogens with zero attached hydrogens (tertiary/aromatic N) is 1. The number of amides is 1. The molecule has 0 spiro atoms. The van der Waals surface area contributed by atoms with Gasteiger partial charge in [0.1, 0.15) is 0 Å². The van der Waals surface area contributed by atoms with E-state index in [4.69, 9.17) is 11.6 Å². The van der Waals surface area contributed by atoms with Crippen LogP contribution in [0, 0.1) is 0 Å². The second kappa shape index (κ2) is 8.20. The van der Waals surface area contributed by atoms with Crippen LogP contribution < -0.4 is 9.62 Å². The van der Waals surface area contributed by atoms with E-state index >= 15 is 0 Å². The van der Waals surface area contributed by atoms with Gasteiger partial charge in [-0.25, -0.2) is 13.1 Å². The van der Waals surface area contributed by atoms with Gasteiger partial charge >= 0.3 is 0 Å². The van der Waals surface area contributed by atoms with Crippen molar-refractivity contribution >= 4 is 33.2 Å². The first kappa shape index (κ1) is 18.9. The molecule has 5 nitrogen and oxygen atoms in total. The molecule has 26 heavy (non-hydrogen) atoms. The van der Waals surface area contributed by atoms with Gasteiger partial charge in [-0.3, -0.25) is 4.79 Å². The van der Waals surface area contributed by atoms with Gasteiger partial charge in [0.2, 0.25) is 15.9 Å². The molecule has 1 fully saturated rings. The van der Waals surface area contributed by atoms with Crippen molar-refractivity contribution in [1.29, 1.82) is 0 Å². The molecule has 2 aromatic rings. The lowest BCUT2D eigenvalue weighted by atomic mass is 10.1. The van der Waals surface area contributed by atoms with E-state index < -0.39 is 10.0 Å². The highest BCUT2D eigenvalue weighted by atomic mass is 35.5. The second-order valence-corrected chi connectivity index (χ2v) is 8.47. The Labute approximate surface area is 159 Å². The molecule has 0 atom stereocenters. The smallest absolute Gasteiger partial charge is 0.240 e. The largest absolute Gasteiger partial charge is 0.312 e. The number of carbonyl (C=O) groups is 1. The number of anilines is 1. The summed E-state index contributed by atoms with van der Waals surface area (Å²) in [6.45, 7) is 1.05. The number of rotatable bonds is 7. The molecule has 2 aromatic carbocycles. The summed E-state index contributed by atoms with van der Waals surface area (Å²) in [5.41, 5.74) is 1.86. The minimum absolute atomic E-state index is 0.0842. The average molecular weight is 393 g/mol. The van der Waals surface area contributed by atoms with Crippen molar-refractivity contribution < 1.29 is 13.2 Å². The van der Waals surface area contributed by atoms with Gasteiger partial charge in [0.15, 0.2) is 0 Å². The monoisotopic (exact) mass is 392 g/mol. The maximum atomic E-state index is 12.4. The summed E-state index contributed by atoms with van der Waals surface area (Å²) in [7, 11) is -3.55. The minimum atomic E-state index is -3.55. The summed E-state index contributed by atoms with van der Waals surface area (Å²) in [6.07, 6.45) is 2.86. The molecule has 0 saturated carbocycles. The Balaban J connectivity index is 1.54. The minimum Gasteiger partial charge on any atom is -0.312 e. The van der Waals surface area contributed by atoms with E-state index in [1.807, 2.05) is 24.3 Å². The first-order valence-electron chi connectivity index (χ1n) is 8.60. The van der Waals surface area contributed by atoms with Crippen LogP contribution in [0.3, 0.4) is 0 Å². The van der Waals surface area contributed by atoms with Crippen LogP contribution in [0.2, 0.25) is 5.02 Å². The van der Waals surface area contributed by atoms with E-state index in [0.717, 1.165) is 24.1 Å². The Kier molecular flexibility index (Phi) is 5.96.